The Bertz CT molecular complexity index is 351. The van der Waals surface area contributed by atoms with Crippen molar-refractivity contribution in [2.45, 2.75) is 40.5 Å². The Hall–Kier alpha value is -1.31. The minimum absolute atomic E-state index is 0.0887. The van der Waals surface area contributed by atoms with Gasteiger partial charge in [-0.2, -0.15) is 0 Å². The summed E-state index contributed by atoms with van der Waals surface area (Å²) >= 11 is 0. The van der Waals surface area contributed by atoms with E-state index in [1.165, 1.54) is 11.1 Å². The fourth-order valence-electron chi connectivity index (χ4n) is 1.88. The molecule has 0 spiro atoms. The zero-order chi connectivity index (χ0) is 12.1. The predicted molar refractivity (Wildman–Crippen MR) is 68.6 cm³/mol. The number of rotatable bonds is 4. The van der Waals surface area contributed by atoms with Gasteiger partial charge in [-0.25, -0.2) is 0 Å². The average molecular weight is 219 g/mol. The molecule has 0 unspecified atom stereocenters. The number of benzene rings is 1. The first kappa shape index (κ1) is 12.8. The number of nitrogens with one attached hydrogen (secondary N) is 1. The van der Waals surface area contributed by atoms with Gasteiger partial charge in [0.25, 0.3) is 0 Å². The van der Waals surface area contributed by atoms with E-state index >= 15 is 0 Å². The zero-order valence-electron chi connectivity index (χ0n) is 10.6. The van der Waals surface area contributed by atoms with Crippen molar-refractivity contribution in [1.29, 1.82) is 0 Å². The molecule has 0 aliphatic carbocycles. The van der Waals surface area contributed by atoms with Crippen molar-refractivity contribution in [2.75, 3.05) is 5.32 Å². The Morgan fingerprint density at radius 3 is 2.31 bits per heavy atom. The third-order valence-electron chi connectivity index (χ3n) is 2.66. The number of carbonyl (C=O) groups excluding carboxylic acids is 1. The lowest BCUT2D eigenvalue weighted by Gasteiger charge is -2.12. The fraction of sp³-hybridized carbons (Fsp3) is 0.500. The number of amides is 1. The number of hydrogen-bond acceptors (Lipinski definition) is 1. The Labute approximate surface area is 98.1 Å². The van der Waals surface area contributed by atoms with Gasteiger partial charge in [-0.15, -0.1) is 0 Å². The van der Waals surface area contributed by atoms with E-state index in [1.54, 1.807) is 0 Å². The first-order valence-electron chi connectivity index (χ1n) is 5.92. The Morgan fingerprint density at radius 2 is 1.81 bits per heavy atom. The van der Waals surface area contributed by atoms with E-state index in [4.69, 9.17) is 0 Å². The quantitative estimate of drug-likeness (QED) is 0.822. The molecule has 0 aliphatic heterocycles. The van der Waals surface area contributed by atoms with Gasteiger partial charge in [0.15, 0.2) is 0 Å². The summed E-state index contributed by atoms with van der Waals surface area (Å²) in [7, 11) is 0. The van der Waals surface area contributed by atoms with E-state index in [0.29, 0.717) is 0 Å². The minimum Gasteiger partial charge on any atom is -0.326 e. The number of aryl methyl sites for hydroxylation is 2. The van der Waals surface area contributed by atoms with E-state index in [-0.39, 0.29) is 11.8 Å². The van der Waals surface area contributed by atoms with Crippen molar-refractivity contribution in [1.82, 2.24) is 0 Å². The number of hydrogen-bond donors (Lipinski definition) is 1. The van der Waals surface area contributed by atoms with Crippen LogP contribution in [0.5, 0.6) is 0 Å². The smallest absolute Gasteiger partial charge is 0.227 e. The molecule has 1 atom stereocenters. The van der Waals surface area contributed by atoms with Gasteiger partial charge in [-0.1, -0.05) is 26.3 Å². The van der Waals surface area contributed by atoms with Gasteiger partial charge in [0.1, 0.15) is 0 Å². The van der Waals surface area contributed by atoms with Crippen LogP contribution >= 0.6 is 0 Å². The van der Waals surface area contributed by atoms with Gasteiger partial charge in [0.2, 0.25) is 5.91 Å². The van der Waals surface area contributed by atoms with Crippen LogP contribution in [0.15, 0.2) is 18.2 Å². The van der Waals surface area contributed by atoms with Gasteiger partial charge in [-0.3, -0.25) is 4.79 Å². The van der Waals surface area contributed by atoms with E-state index in [1.807, 2.05) is 32.9 Å². The summed E-state index contributed by atoms with van der Waals surface area (Å²) in [5.41, 5.74) is 3.27. The summed E-state index contributed by atoms with van der Waals surface area (Å²) < 4.78 is 0. The van der Waals surface area contributed by atoms with E-state index < -0.39 is 0 Å². The van der Waals surface area contributed by atoms with Crippen LogP contribution in [0, 0.1) is 19.8 Å². The van der Waals surface area contributed by atoms with Gasteiger partial charge in [-0.05, 0) is 43.5 Å². The molecular formula is C14H21NO. The highest BCUT2D eigenvalue weighted by atomic mass is 16.1. The van der Waals surface area contributed by atoms with Crippen molar-refractivity contribution in [3.63, 3.8) is 0 Å². The average Bonchev–Trinajstić information content (AvgIpc) is 2.16. The Balaban J connectivity index is 2.69. The van der Waals surface area contributed by atoms with Gasteiger partial charge < -0.3 is 5.32 Å². The lowest BCUT2D eigenvalue weighted by Crippen LogP contribution is -2.20. The third kappa shape index (κ3) is 3.69. The molecule has 0 saturated heterocycles. The first-order chi connectivity index (χ1) is 7.52. The maximum atomic E-state index is 11.8. The van der Waals surface area contributed by atoms with Crippen molar-refractivity contribution in [3.8, 4) is 0 Å². The maximum absolute atomic E-state index is 11.8. The van der Waals surface area contributed by atoms with Crippen LogP contribution in [0.3, 0.4) is 0 Å². The third-order valence-corrected chi connectivity index (χ3v) is 2.66. The van der Waals surface area contributed by atoms with Crippen molar-refractivity contribution in [2.24, 2.45) is 5.92 Å². The molecule has 0 fully saturated rings. The van der Waals surface area contributed by atoms with Gasteiger partial charge in [0.05, 0.1) is 0 Å². The SMILES string of the molecule is CCC[C@@H](C)C(=O)Nc1cc(C)cc(C)c1. The minimum atomic E-state index is 0.0887. The summed E-state index contributed by atoms with van der Waals surface area (Å²) in [6, 6.07) is 6.11. The number of anilines is 1. The summed E-state index contributed by atoms with van der Waals surface area (Å²) in [6.45, 7) is 8.15. The summed E-state index contributed by atoms with van der Waals surface area (Å²) in [6.07, 6.45) is 1.98. The van der Waals surface area contributed by atoms with E-state index in [9.17, 15) is 4.79 Å². The normalized spacial score (nSPS) is 12.2. The van der Waals surface area contributed by atoms with Crippen LogP contribution in [0.25, 0.3) is 0 Å². The van der Waals surface area contributed by atoms with E-state index in [0.717, 1.165) is 18.5 Å². The second-order valence-corrected chi connectivity index (χ2v) is 4.56. The zero-order valence-corrected chi connectivity index (χ0v) is 10.6. The molecule has 0 heterocycles. The summed E-state index contributed by atoms with van der Waals surface area (Å²) in [4.78, 5) is 11.8. The van der Waals surface area contributed by atoms with E-state index in [2.05, 4.69) is 18.3 Å². The van der Waals surface area contributed by atoms with Crippen molar-refractivity contribution >= 4 is 11.6 Å². The Kier molecular flexibility index (Phi) is 4.53. The lowest BCUT2D eigenvalue weighted by molar-refractivity contribution is -0.119. The molecule has 88 valence electrons. The second kappa shape index (κ2) is 5.69. The fourth-order valence-corrected chi connectivity index (χ4v) is 1.88. The molecule has 0 aliphatic rings. The Morgan fingerprint density at radius 1 is 1.25 bits per heavy atom. The molecule has 2 heteroatoms. The largest absolute Gasteiger partial charge is 0.326 e. The lowest BCUT2D eigenvalue weighted by atomic mass is 10.0. The molecule has 1 amide bonds. The highest BCUT2D eigenvalue weighted by molar-refractivity contribution is 5.92. The van der Waals surface area contributed by atoms with Crippen LogP contribution in [-0.4, -0.2) is 5.91 Å². The molecule has 1 N–H and O–H groups in total. The standard InChI is InChI=1S/C14H21NO/c1-5-6-12(4)14(16)15-13-8-10(2)7-11(3)9-13/h7-9,12H,5-6H2,1-4H3,(H,15,16)/t12-/m1/s1. The molecule has 1 aromatic carbocycles. The predicted octanol–water partition coefficient (Wildman–Crippen LogP) is 3.68. The molecule has 1 aromatic rings. The molecule has 0 radical (unpaired) electrons. The molecule has 0 aromatic heterocycles. The molecule has 0 saturated carbocycles. The summed E-state index contributed by atoms with van der Waals surface area (Å²) in [5, 5.41) is 2.97. The van der Waals surface area contributed by atoms with Crippen molar-refractivity contribution in [3.05, 3.63) is 29.3 Å². The monoisotopic (exact) mass is 219 g/mol. The van der Waals surface area contributed by atoms with Crippen LogP contribution < -0.4 is 5.32 Å². The highest BCUT2D eigenvalue weighted by Gasteiger charge is 2.11. The molecule has 2 nitrogen and oxygen atoms in total. The van der Waals surface area contributed by atoms with Crippen LogP contribution in [0.1, 0.15) is 37.8 Å². The van der Waals surface area contributed by atoms with Crippen LogP contribution in [0.2, 0.25) is 0 Å². The number of carbonyl (C=O) groups is 1. The van der Waals surface area contributed by atoms with Crippen LogP contribution in [0.4, 0.5) is 5.69 Å². The maximum Gasteiger partial charge on any atom is 0.227 e. The molecular weight excluding hydrogens is 198 g/mol. The summed E-state index contributed by atoms with van der Waals surface area (Å²) in [5.74, 6) is 0.206. The first-order valence-corrected chi connectivity index (χ1v) is 5.92. The topological polar surface area (TPSA) is 29.1 Å². The van der Waals surface area contributed by atoms with Gasteiger partial charge >= 0.3 is 0 Å². The molecule has 0 bridgehead atoms. The van der Waals surface area contributed by atoms with Gasteiger partial charge in [0, 0.05) is 11.6 Å². The molecule has 1 rings (SSSR count). The van der Waals surface area contributed by atoms with Crippen LogP contribution in [-0.2, 0) is 4.79 Å². The highest BCUT2D eigenvalue weighted by Crippen LogP contribution is 2.15. The second-order valence-electron chi connectivity index (χ2n) is 4.56. The van der Waals surface area contributed by atoms with Crippen molar-refractivity contribution < 1.29 is 4.79 Å². The molecule has 16 heavy (non-hydrogen) atoms.